The van der Waals surface area contributed by atoms with Crippen LogP contribution in [0.25, 0.3) is 22.0 Å². The molecule has 7 nitrogen and oxygen atoms in total. The lowest BCUT2D eigenvalue weighted by Crippen LogP contribution is -2.31. The SMILES string of the molecule is C=CCn1c(C(=O)NS(C)(=O)=O)c(-c2ccc[nH]c2=O)c2cc(Cl)ccc21. The number of hydrogen-bond acceptors (Lipinski definition) is 4. The Bertz CT molecular complexity index is 1230. The Labute approximate surface area is 160 Å². The Morgan fingerprint density at radius 1 is 1.37 bits per heavy atom. The minimum atomic E-state index is -3.81. The molecule has 0 bridgehead atoms. The van der Waals surface area contributed by atoms with E-state index in [0.29, 0.717) is 21.5 Å². The number of halogens is 1. The molecule has 140 valence electrons. The minimum absolute atomic E-state index is 0.0364. The van der Waals surface area contributed by atoms with E-state index in [-0.39, 0.29) is 17.8 Å². The summed E-state index contributed by atoms with van der Waals surface area (Å²) in [4.78, 5) is 27.8. The molecular formula is C18H16ClN3O4S. The fraction of sp³-hybridized carbons (Fsp3) is 0.111. The molecule has 0 aliphatic heterocycles. The average molecular weight is 406 g/mol. The molecule has 3 rings (SSSR count). The van der Waals surface area contributed by atoms with E-state index < -0.39 is 21.5 Å². The van der Waals surface area contributed by atoms with Gasteiger partial charge >= 0.3 is 0 Å². The number of aromatic amines is 1. The molecule has 2 aromatic heterocycles. The van der Waals surface area contributed by atoms with Crippen molar-refractivity contribution in [3.05, 3.63) is 70.3 Å². The minimum Gasteiger partial charge on any atom is -0.332 e. The number of benzene rings is 1. The highest BCUT2D eigenvalue weighted by Gasteiger charge is 2.26. The van der Waals surface area contributed by atoms with Gasteiger partial charge in [0.05, 0.1) is 6.26 Å². The van der Waals surface area contributed by atoms with Crippen LogP contribution in [-0.2, 0) is 16.6 Å². The third-order valence-corrected chi connectivity index (χ3v) is 4.71. The number of rotatable bonds is 5. The topological polar surface area (TPSA) is 101 Å². The van der Waals surface area contributed by atoms with Crippen LogP contribution >= 0.6 is 11.6 Å². The summed E-state index contributed by atoms with van der Waals surface area (Å²) in [5, 5.41) is 0.974. The van der Waals surface area contributed by atoms with E-state index in [9.17, 15) is 18.0 Å². The fourth-order valence-electron chi connectivity index (χ4n) is 2.99. The smallest absolute Gasteiger partial charge is 0.282 e. The maximum Gasteiger partial charge on any atom is 0.282 e. The molecular weight excluding hydrogens is 390 g/mol. The average Bonchev–Trinajstić information content (AvgIpc) is 2.88. The van der Waals surface area contributed by atoms with Crippen molar-refractivity contribution in [1.82, 2.24) is 14.3 Å². The van der Waals surface area contributed by atoms with E-state index in [1.54, 1.807) is 41.0 Å². The molecule has 1 amide bonds. The van der Waals surface area contributed by atoms with Crippen LogP contribution in [0.1, 0.15) is 10.5 Å². The van der Waals surface area contributed by atoms with Crippen molar-refractivity contribution >= 4 is 38.4 Å². The molecule has 0 saturated carbocycles. The standard InChI is InChI=1S/C18H16ClN3O4S/c1-3-9-22-14-7-6-11(19)10-13(14)15(12-5-4-8-20-17(12)23)16(22)18(24)21-27(2,25)26/h3-8,10H,1,9H2,2H3,(H,20,23)(H,21,24). The molecule has 27 heavy (non-hydrogen) atoms. The van der Waals surface area contributed by atoms with Crippen LogP contribution in [0.4, 0.5) is 0 Å². The number of carbonyl (C=O) groups excluding carboxylic acids is 1. The van der Waals surface area contributed by atoms with Gasteiger partial charge < -0.3 is 9.55 Å². The molecule has 9 heteroatoms. The van der Waals surface area contributed by atoms with E-state index >= 15 is 0 Å². The van der Waals surface area contributed by atoms with Crippen LogP contribution in [0.15, 0.2) is 54.0 Å². The van der Waals surface area contributed by atoms with Crippen LogP contribution in [0.2, 0.25) is 5.02 Å². The molecule has 2 heterocycles. The summed E-state index contributed by atoms with van der Waals surface area (Å²) >= 11 is 6.13. The molecule has 0 spiro atoms. The maximum atomic E-state index is 12.8. The van der Waals surface area contributed by atoms with Gasteiger partial charge in [-0.25, -0.2) is 13.1 Å². The molecule has 0 aliphatic rings. The van der Waals surface area contributed by atoms with Crippen molar-refractivity contribution in [1.29, 1.82) is 0 Å². The number of H-pyrrole nitrogens is 1. The van der Waals surface area contributed by atoms with Crippen molar-refractivity contribution in [2.75, 3.05) is 6.26 Å². The van der Waals surface area contributed by atoms with Crippen molar-refractivity contribution in [2.24, 2.45) is 0 Å². The highest BCUT2D eigenvalue weighted by molar-refractivity contribution is 7.89. The molecule has 2 N–H and O–H groups in total. The molecule has 1 aromatic carbocycles. The maximum absolute atomic E-state index is 12.8. The number of carbonyl (C=O) groups is 1. The Balaban J connectivity index is 2.47. The van der Waals surface area contributed by atoms with Crippen molar-refractivity contribution in [3.8, 4) is 11.1 Å². The van der Waals surface area contributed by atoms with E-state index in [4.69, 9.17) is 11.6 Å². The molecule has 0 atom stereocenters. The van der Waals surface area contributed by atoms with Gasteiger partial charge in [0.25, 0.3) is 11.5 Å². The van der Waals surface area contributed by atoms with E-state index in [2.05, 4.69) is 11.6 Å². The number of hydrogen-bond donors (Lipinski definition) is 2. The molecule has 3 aromatic rings. The second-order valence-electron chi connectivity index (χ2n) is 5.90. The second kappa shape index (κ2) is 7.05. The van der Waals surface area contributed by atoms with E-state index in [0.717, 1.165) is 6.26 Å². The Kier molecular flexibility index (Phi) is 4.95. The van der Waals surface area contributed by atoms with Gasteiger partial charge in [-0.3, -0.25) is 9.59 Å². The molecule has 0 fully saturated rings. The van der Waals surface area contributed by atoms with Crippen LogP contribution in [0, 0.1) is 0 Å². The monoisotopic (exact) mass is 405 g/mol. The zero-order chi connectivity index (χ0) is 19.8. The van der Waals surface area contributed by atoms with Crippen molar-refractivity contribution < 1.29 is 13.2 Å². The van der Waals surface area contributed by atoms with Gasteiger partial charge in [0, 0.05) is 39.8 Å². The zero-order valence-electron chi connectivity index (χ0n) is 14.3. The van der Waals surface area contributed by atoms with Gasteiger partial charge in [-0.1, -0.05) is 17.7 Å². The highest BCUT2D eigenvalue weighted by Crippen LogP contribution is 2.35. The first-order valence-electron chi connectivity index (χ1n) is 7.85. The third-order valence-electron chi connectivity index (χ3n) is 3.92. The first kappa shape index (κ1) is 18.9. The number of pyridine rings is 1. The summed E-state index contributed by atoms with van der Waals surface area (Å²) in [6.07, 6.45) is 3.93. The lowest BCUT2D eigenvalue weighted by atomic mass is 10.0. The van der Waals surface area contributed by atoms with Crippen LogP contribution in [0.5, 0.6) is 0 Å². The van der Waals surface area contributed by atoms with Gasteiger partial charge in [0.15, 0.2) is 0 Å². The number of nitrogens with one attached hydrogen (secondary N) is 2. The lowest BCUT2D eigenvalue weighted by Gasteiger charge is -2.10. The van der Waals surface area contributed by atoms with E-state index in [1.165, 1.54) is 6.20 Å². The first-order chi connectivity index (χ1) is 12.7. The van der Waals surface area contributed by atoms with Gasteiger partial charge in [-0.2, -0.15) is 0 Å². The van der Waals surface area contributed by atoms with Crippen molar-refractivity contribution in [3.63, 3.8) is 0 Å². The van der Waals surface area contributed by atoms with Crippen LogP contribution in [0.3, 0.4) is 0 Å². The summed E-state index contributed by atoms with van der Waals surface area (Å²) in [7, 11) is -3.81. The van der Waals surface area contributed by atoms with Gasteiger partial charge in [0.1, 0.15) is 5.69 Å². The number of sulfonamides is 1. The number of allylic oxidation sites excluding steroid dienone is 1. The molecule has 0 saturated heterocycles. The number of fused-ring (bicyclic) bond motifs is 1. The quantitative estimate of drug-likeness (QED) is 0.637. The third kappa shape index (κ3) is 3.67. The first-order valence-corrected chi connectivity index (χ1v) is 10.1. The molecule has 0 unspecified atom stereocenters. The highest BCUT2D eigenvalue weighted by atomic mass is 35.5. The summed E-state index contributed by atoms with van der Waals surface area (Å²) < 4.78 is 26.8. The number of amides is 1. The largest absolute Gasteiger partial charge is 0.332 e. The number of aromatic nitrogens is 2. The number of nitrogens with zero attached hydrogens (tertiary/aromatic N) is 1. The Morgan fingerprint density at radius 2 is 2.11 bits per heavy atom. The second-order valence-corrected chi connectivity index (χ2v) is 8.09. The predicted molar refractivity (Wildman–Crippen MR) is 106 cm³/mol. The zero-order valence-corrected chi connectivity index (χ0v) is 15.9. The predicted octanol–water partition coefficient (Wildman–Crippen LogP) is 2.53. The van der Waals surface area contributed by atoms with Crippen LogP contribution in [-0.4, -0.2) is 30.1 Å². The van der Waals surface area contributed by atoms with Gasteiger partial charge in [0.2, 0.25) is 10.0 Å². The van der Waals surface area contributed by atoms with Gasteiger partial charge in [-0.15, -0.1) is 6.58 Å². The fourth-order valence-corrected chi connectivity index (χ4v) is 3.60. The van der Waals surface area contributed by atoms with Crippen molar-refractivity contribution in [2.45, 2.75) is 6.54 Å². The molecule has 0 radical (unpaired) electrons. The lowest BCUT2D eigenvalue weighted by molar-refractivity contribution is 0.0974. The summed E-state index contributed by atoms with van der Waals surface area (Å²) in [5.74, 6) is -0.843. The van der Waals surface area contributed by atoms with Gasteiger partial charge in [-0.05, 0) is 30.3 Å². The summed E-state index contributed by atoms with van der Waals surface area (Å²) in [6, 6.07) is 8.18. The van der Waals surface area contributed by atoms with E-state index in [1.807, 2.05) is 4.72 Å². The Hall–Kier alpha value is -2.84. The summed E-state index contributed by atoms with van der Waals surface area (Å²) in [6.45, 7) is 3.92. The Morgan fingerprint density at radius 3 is 2.74 bits per heavy atom. The summed E-state index contributed by atoms with van der Waals surface area (Å²) in [5.41, 5.74) is 0.776. The normalized spacial score (nSPS) is 11.5. The van der Waals surface area contributed by atoms with Crippen LogP contribution < -0.4 is 10.3 Å². The molecule has 0 aliphatic carbocycles.